The molecule has 0 bridgehead atoms. The summed E-state index contributed by atoms with van der Waals surface area (Å²) in [5, 5.41) is 27.7. The summed E-state index contributed by atoms with van der Waals surface area (Å²) in [7, 11) is 0. The third-order valence-electron chi connectivity index (χ3n) is 8.46. The van der Waals surface area contributed by atoms with Gasteiger partial charge in [-0.25, -0.2) is 0 Å². The number of nitrogens with zero attached hydrogens (tertiary/aromatic N) is 6. The molecule has 44 heavy (non-hydrogen) atoms. The number of aromatic hydroxyl groups is 1. The van der Waals surface area contributed by atoms with Crippen LogP contribution in [-0.4, -0.2) is 58.3 Å². The van der Waals surface area contributed by atoms with Gasteiger partial charge in [0.1, 0.15) is 18.0 Å². The number of halogens is 5. The zero-order valence-electron chi connectivity index (χ0n) is 23.0. The average molecular weight is 697 g/mol. The summed E-state index contributed by atoms with van der Waals surface area (Å²) in [6.45, 7) is 0.540. The first-order chi connectivity index (χ1) is 20.9. The molecule has 11 nitrogen and oxygen atoms in total. The Morgan fingerprint density at radius 2 is 1.95 bits per heavy atom. The number of nitrogens with one attached hydrogen (secondary N) is 1. The molecule has 0 radical (unpaired) electrons. The number of hydrogen-bond donors (Lipinski definition) is 3. The van der Waals surface area contributed by atoms with Gasteiger partial charge < -0.3 is 20.1 Å². The molecule has 1 aliphatic heterocycles. The van der Waals surface area contributed by atoms with Crippen LogP contribution < -0.4 is 10.9 Å². The van der Waals surface area contributed by atoms with Crippen LogP contribution in [0, 0.1) is 0 Å². The number of carbonyl (C=O) groups is 1. The Morgan fingerprint density at radius 1 is 1.20 bits per heavy atom. The van der Waals surface area contributed by atoms with E-state index >= 15 is 0 Å². The monoisotopic (exact) mass is 695 g/mol. The Bertz CT molecular complexity index is 1820. The van der Waals surface area contributed by atoms with Gasteiger partial charge in [-0.05, 0) is 78.4 Å². The molecule has 3 aromatic heterocycles. The number of piperidine rings is 1. The number of fused-ring (bicyclic) bond motifs is 3. The van der Waals surface area contributed by atoms with E-state index in [4.69, 9.17) is 11.6 Å². The van der Waals surface area contributed by atoms with Gasteiger partial charge in [-0.3, -0.25) is 19.5 Å². The Hall–Kier alpha value is -3.53. The second-order valence-electron chi connectivity index (χ2n) is 11.0. The zero-order valence-corrected chi connectivity index (χ0v) is 25.3. The summed E-state index contributed by atoms with van der Waals surface area (Å²) in [5.74, 6) is -0.544. The van der Waals surface area contributed by atoms with Crippen molar-refractivity contribution in [2.24, 2.45) is 0 Å². The molecule has 4 heterocycles. The second kappa shape index (κ2) is 11.4. The number of aliphatic hydroxyl groups is 1. The fraction of sp³-hybridized carbons (Fsp3) is 0.393. The first kappa shape index (κ1) is 30.5. The van der Waals surface area contributed by atoms with E-state index in [0.717, 1.165) is 29.1 Å². The number of pyridine rings is 1. The normalized spacial score (nSPS) is 17.5. The fourth-order valence-electron chi connectivity index (χ4n) is 6.36. The smallest absolute Gasteiger partial charge is 0.416 e. The molecule has 1 saturated heterocycles. The molecule has 1 fully saturated rings. The van der Waals surface area contributed by atoms with E-state index in [0.29, 0.717) is 50.0 Å². The van der Waals surface area contributed by atoms with Gasteiger partial charge in [-0.15, -0.1) is 5.10 Å². The highest BCUT2D eigenvalue weighted by Crippen LogP contribution is 2.45. The highest BCUT2D eigenvalue weighted by molar-refractivity contribution is 9.10. The van der Waals surface area contributed by atoms with Crippen molar-refractivity contribution in [2.75, 3.05) is 18.4 Å². The first-order valence-corrected chi connectivity index (χ1v) is 15.0. The summed E-state index contributed by atoms with van der Waals surface area (Å²) in [4.78, 5) is 37.5. The molecule has 1 aliphatic carbocycles. The van der Waals surface area contributed by atoms with E-state index in [1.165, 1.54) is 12.3 Å². The van der Waals surface area contributed by atoms with Crippen molar-refractivity contribution in [1.29, 1.82) is 0 Å². The second-order valence-corrected chi connectivity index (χ2v) is 12.1. The van der Waals surface area contributed by atoms with Crippen molar-refractivity contribution in [3.63, 3.8) is 0 Å². The standard InChI is InChI=1S/C28H26BrClF3N7O4/c29-25-36-26-39(14-20(42)35-17-6-5-15(13-16(17)30)28(31,32)33)18-3-1-7-27(21(18)23(43)40(26)37-25)8-11-38(12-9-27)24(44)22-19(41)4-2-10-34-22/h2,4-6,10,13,24,41,44H,1,3,7-9,11-12,14H2,(H,35,42). The van der Waals surface area contributed by atoms with Crippen molar-refractivity contribution < 1.29 is 28.2 Å². The number of aliphatic hydroxyl groups excluding tert-OH is 1. The van der Waals surface area contributed by atoms with Gasteiger partial charge in [0.15, 0.2) is 6.23 Å². The lowest BCUT2D eigenvalue weighted by Crippen LogP contribution is -2.49. The quantitative estimate of drug-likeness (QED) is 0.279. The molecule has 2 aliphatic rings. The predicted molar refractivity (Wildman–Crippen MR) is 156 cm³/mol. The highest BCUT2D eigenvalue weighted by Gasteiger charge is 2.44. The summed E-state index contributed by atoms with van der Waals surface area (Å²) < 4.78 is 42.2. The first-order valence-electron chi connectivity index (χ1n) is 13.8. The SMILES string of the molecule is O=C(Cn1c2c(c(=O)n3nc(Br)nc13)C1(CCC2)CCN(C(O)c2ncccc2O)CC1)Nc1ccc(C(F)(F)F)cc1Cl. The lowest BCUT2D eigenvalue weighted by atomic mass is 9.66. The molecule has 3 N–H and O–H groups in total. The summed E-state index contributed by atoms with van der Waals surface area (Å²) >= 11 is 9.29. The van der Waals surface area contributed by atoms with Gasteiger partial charge >= 0.3 is 6.18 Å². The lowest BCUT2D eigenvalue weighted by molar-refractivity contribution is -0.137. The van der Waals surface area contributed by atoms with Crippen LogP contribution in [0.15, 0.2) is 46.1 Å². The molecule has 4 aromatic rings. The summed E-state index contributed by atoms with van der Waals surface area (Å²) in [5.41, 5.74) is -0.503. The topological polar surface area (TPSA) is 138 Å². The summed E-state index contributed by atoms with van der Waals surface area (Å²) in [6.07, 6.45) is -1.23. The van der Waals surface area contributed by atoms with Crippen LogP contribution in [0.1, 0.15) is 54.4 Å². The van der Waals surface area contributed by atoms with Gasteiger partial charge in [0.2, 0.25) is 16.4 Å². The van der Waals surface area contributed by atoms with Crippen molar-refractivity contribution in [3.05, 3.63) is 79.2 Å². The van der Waals surface area contributed by atoms with Gasteiger partial charge in [0, 0.05) is 36.0 Å². The van der Waals surface area contributed by atoms with Crippen LogP contribution in [-0.2, 0) is 29.4 Å². The molecule has 1 aromatic carbocycles. The van der Waals surface area contributed by atoms with E-state index < -0.39 is 29.3 Å². The summed E-state index contributed by atoms with van der Waals surface area (Å²) in [6, 6.07) is 5.70. The van der Waals surface area contributed by atoms with Crippen LogP contribution >= 0.6 is 27.5 Å². The number of amides is 1. The van der Waals surface area contributed by atoms with Crippen molar-refractivity contribution in [2.45, 2.75) is 56.5 Å². The van der Waals surface area contributed by atoms with E-state index in [1.807, 2.05) is 0 Å². The van der Waals surface area contributed by atoms with E-state index in [9.17, 15) is 33.0 Å². The molecular formula is C28H26BrClF3N7O4. The number of likely N-dealkylation sites (tertiary alicyclic amines) is 1. The van der Waals surface area contributed by atoms with Crippen LogP contribution in [0.3, 0.4) is 0 Å². The van der Waals surface area contributed by atoms with Gasteiger partial charge in [-0.1, -0.05) is 11.6 Å². The third kappa shape index (κ3) is 5.46. The largest absolute Gasteiger partial charge is 0.506 e. The van der Waals surface area contributed by atoms with Gasteiger partial charge in [0.25, 0.3) is 5.56 Å². The van der Waals surface area contributed by atoms with E-state index in [-0.39, 0.29) is 44.8 Å². The Kier molecular flexibility index (Phi) is 7.93. The highest BCUT2D eigenvalue weighted by atomic mass is 79.9. The number of alkyl halides is 3. The van der Waals surface area contributed by atoms with Crippen molar-refractivity contribution in [3.8, 4) is 5.75 Å². The van der Waals surface area contributed by atoms with Gasteiger partial charge in [-0.2, -0.15) is 22.7 Å². The molecule has 1 atom stereocenters. The van der Waals surface area contributed by atoms with Crippen molar-refractivity contribution in [1.82, 2.24) is 29.0 Å². The molecule has 6 rings (SSSR count). The van der Waals surface area contributed by atoms with E-state index in [1.54, 1.807) is 15.5 Å². The minimum absolute atomic E-state index is 0.0135. The fourth-order valence-corrected chi connectivity index (χ4v) is 6.90. The number of anilines is 1. The molecule has 0 saturated carbocycles. The Labute approximate surface area is 261 Å². The van der Waals surface area contributed by atoms with Crippen molar-refractivity contribution >= 4 is 44.9 Å². The molecule has 1 amide bonds. The molecule has 232 valence electrons. The maximum absolute atomic E-state index is 13.9. The number of benzene rings is 1. The minimum Gasteiger partial charge on any atom is -0.506 e. The Balaban J connectivity index is 1.32. The number of carbonyl (C=O) groups excluding carboxylic acids is 1. The molecular weight excluding hydrogens is 671 g/mol. The molecule has 16 heteroatoms. The Morgan fingerprint density at radius 3 is 2.64 bits per heavy atom. The van der Waals surface area contributed by atoms with Crippen LogP contribution in [0.2, 0.25) is 5.02 Å². The zero-order chi connectivity index (χ0) is 31.4. The van der Waals surface area contributed by atoms with Crippen LogP contribution in [0.4, 0.5) is 18.9 Å². The maximum atomic E-state index is 13.9. The number of hydrogen-bond acceptors (Lipinski definition) is 8. The molecule has 1 unspecified atom stereocenters. The lowest BCUT2D eigenvalue weighted by Gasteiger charge is -2.46. The predicted octanol–water partition coefficient (Wildman–Crippen LogP) is 4.43. The minimum atomic E-state index is -4.59. The number of rotatable bonds is 5. The van der Waals surface area contributed by atoms with Crippen LogP contribution in [0.25, 0.3) is 5.78 Å². The molecule has 1 spiro atoms. The van der Waals surface area contributed by atoms with Gasteiger partial charge in [0.05, 0.1) is 16.3 Å². The number of aromatic nitrogens is 5. The third-order valence-corrected chi connectivity index (χ3v) is 9.11. The maximum Gasteiger partial charge on any atom is 0.416 e. The van der Waals surface area contributed by atoms with E-state index in [2.05, 4.69) is 36.3 Å². The van der Waals surface area contributed by atoms with Crippen LogP contribution in [0.5, 0.6) is 5.75 Å². The average Bonchev–Trinajstić information content (AvgIpc) is 3.38.